The Kier molecular flexibility index (Phi) is 6.71. The molecule has 1 aromatic heterocycles. The number of hydrogen-bond donors (Lipinski definition) is 9. The number of aliphatic hydroxyl groups is 6. The van der Waals surface area contributed by atoms with E-state index >= 15 is 0 Å². The van der Waals surface area contributed by atoms with E-state index in [-0.39, 0.29) is 22.3 Å². The Labute approximate surface area is 212 Å². The lowest BCUT2D eigenvalue weighted by Gasteiger charge is -2.41. The number of phenolic OH excluding ortho intramolecular Hbond substituents is 3. The zero-order valence-electron chi connectivity index (χ0n) is 19.5. The van der Waals surface area contributed by atoms with Gasteiger partial charge in [-0.05, 0) is 18.2 Å². The SMILES string of the molecule is O=c1c2cc(O)ccc2oc2cc(O)c([C@@H]3O[C@H](CO[C@@H]4OCC(O)(CO)[C@H]4O)[C@@H](O)[C@@H](O)[C@H]3O)c(O)c12. The van der Waals surface area contributed by atoms with Gasteiger partial charge in [0.05, 0.1) is 30.8 Å². The monoisotopic (exact) mass is 538 g/mol. The first-order valence-electron chi connectivity index (χ1n) is 11.6. The van der Waals surface area contributed by atoms with Crippen molar-refractivity contribution in [2.75, 3.05) is 19.8 Å². The highest BCUT2D eigenvalue weighted by molar-refractivity contribution is 5.95. The Morgan fingerprint density at radius 3 is 2.42 bits per heavy atom. The van der Waals surface area contributed by atoms with Gasteiger partial charge in [0.15, 0.2) is 6.29 Å². The van der Waals surface area contributed by atoms with Crippen LogP contribution in [0.25, 0.3) is 21.9 Å². The first kappa shape index (κ1) is 26.6. The van der Waals surface area contributed by atoms with E-state index in [1.165, 1.54) is 12.1 Å². The number of benzene rings is 2. The molecule has 0 bridgehead atoms. The van der Waals surface area contributed by atoms with Crippen molar-refractivity contribution in [3.63, 3.8) is 0 Å². The highest BCUT2D eigenvalue weighted by Crippen LogP contribution is 2.45. The molecule has 0 radical (unpaired) electrons. The van der Waals surface area contributed by atoms with Gasteiger partial charge < -0.3 is 64.6 Å². The van der Waals surface area contributed by atoms with Gasteiger partial charge in [0, 0.05) is 6.07 Å². The van der Waals surface area contributed by atoms with Gasteiger partial charge in [-0.15, -0.1) is 0 Å². The van der Waals surface area contributed by atoms with Crippen molar-refractivity contribution in [2.45, 2.75) is 48.5 Å². The molecule has 5 rings (SSSR count). The molecule has 14 heteroatoms. The molecule has 3 aromatic rings. The molecule has 2 saturated heterocycles. The van der Waals surface area contributed by atoms with Crippen LogP contribution in [0.2, 0.25) is 0 Å². The summed E-state index contributed by atoms with van der Waals surface area (Å²) in [5, 5.41) is 92.0. The molecule has 1 unspecified atom stereocenters. The smallest absolute Gasteiger partial charge is 0.204 e. The summed E-state index contributed by atoms with van der Waals surface area (Å²) in [6, 6.07) is 4.75. The van der Waals surface area contributed by atoms with E-state index in [4.69, 9.17) is 18.6 Å². The van der Waals surface area contributed by atoms with Gasteiger partial charge >= 0.3 is 0 Å². The van der Waals surface area contributed by atoms with Crippen molar-refractivity contribution in [2.24, 2.45) is 0 Å². The molecule has 2 aliphatic rings. The van der Waals surface area contributed by atoms with Gasteiger partial charge in [0.2, 0.25) is 5.43 Å². The van der Waals surface area contributed by atoms with Crippen LogP contribution in [0.4, 0.5) is 0 Å². The lowest BCUT2D eigenvalue weighted by molar-refractivity contribution is -0.253. The second-order valence-corrected chi connectivity index (χ2v) is 9.43. The fraction of sp³-hybridized carbons (Fsp3) is 0.458. The van der Waals surface area contributed by atoms with E-state index in [9.17, 15) is 50.8 Å². The van der Waals surface area contributed by atoms with E-state index in [2.05, 4.69) is 0 Å². The Balaban J connectivity index is 1.49. The summed E-state index contributed by atoms with van der Waals surface area (Å²) in [6.45, 7) is -1.82. The molecule has 206 valence electrons. The number of rotatable bonds is 5. The van der Waals surface area contributed by atoms with Gasteiger partial charge in [0.25, 0.3) is 0 Å². The minimum Gasteiger partial charge on any atom is -0.508 e. The molecule has 0 saturated carbocycles. The molecule has 0 spiro atoms. The predicted octanol–water partition coefficient (Wildman–Crippen LogP) is -1.96. The molecule has 38 heavy (non-hydrogen) atoms. The van der Waals surface area contributed by atoms with Gasteiger partial charge in [-0.3, -0.25) is 4.79 Å². The van der Waals surface area contributed by atoms with Gasteiger partial charge in [-0.2, -0.15) is 0 Å². The molecule has 2 aromatic carbocycles. The van der Waals surface area contributed by atoms with Gasteiger partial charge in [-0.25, -0.2) is 0 Å². The van der Waals surface area contributed by atoms with E-state index in [1.807, 2.05) is 0 Å². The predicted molar refractivity (Wildman–Crippen MR) is 124 cm³/mol. The molecular weight excluding hydrogens is 512 g/mol. The summed E-state index contributed by atoms with van der Waals surface area (Å²) in [4.78, 5) is 13.1. The molecular formula is C24H26O14. The molecule has 9 N–H and O–H groups in total. The topological polar surface area (TPSA) is 240 Å². The third-order valence-corrected chi connectivity index (χ3v) is 6.94. The molecule has 8 atom stereocenters. The quantitative estimate of drug-likeness (QED) is 0.160. The van der Waals surface area contributed by atoms with Crippen molar-refractivity contribution in [3.05, 3.63) is 40.1 Å². The highest BCUT2D eigenvalue weighted by atomic mass is 16.7. The van der Waals surface area contributed by atoms with Gasteiger partial charge in [-0.1, -0.05) is 0 Å². The average Bonchev–Trinajstić information content (AvgIpc) is 3.17. The van der Waals surface area contributed by atoms with Crippen molar-refractivity contribution in [3.8, 4) is 17.2 Å². The van der Waals surface area contributed by atoms with Crippen molar-refractivity contribution in [1.82, 2.24) is 0 Å². The van der Waals surface area contributed by atoms with Crippen LogP contribution in [0.15, 0.2) is 33.5 Å². The van der Waals surface area contributed by atoms with E-state index in [0.717, 1.165) is 12.1 Å². The number of fused-ring (bicyclic) bond motifs is 2. The van der Waals surface area contributed by atoms with Crippen molar-refractivity contribution < 1.29 is 64.6 Å². The first-order valence-corrected chi connectivity index (χ1v) is 11.6. The molecule has 3 heterocycles. The maximum atomic E-state index is 13.1. The third kappa shape index (κ3) is 4.16. The summed E-state index contributed by atoms with van der Waals surface area (Å²) in [5.41, 5.74) is -3.35. The zero-order valence-corrected chi connectivity index (χ0v) is 19.5. The number of aromatic hydroxyl groups is 3. The minimum atomic E-state index is -1.97. The summed E-state index contributed by atoms with van der Waals surface area (Å²) >= 11 is 0. The lowest BCUT2D eigenvalue weighted by Crippen LogP contribution is -2.56. The maximum Gasteiger partial charge on any atom is 0.204 e. The summed E-state index contributed by atoms with van der Waals surface area (Å²) < 4.78 is 21.7. The Morgan fingerprint density at radius 2 is 1.74 bits per heavy atom. The normalized spacial score (nSPS) is 33.8. The molecule has 14 nitrogen and oxygen atoms in total. The fourth-order valence-electron chi connectivity index (χ4n) is 4.72. The van der Waals surface area contributed by atoms with Crippen LogP contribution >= 0.6 is 0 Å². The second-order valence-electron chi connectivity index (χ2n) is 9.43. The van der Waals surface area contributed by atoms with Crippen LogP contribution in [0, 0.1) is 0 Å². The second kappa shape index (κ2) is 9.60. The average molecular weight is 538 g/mol. The van der Waals surface area contributed by atoms with E-state index < -0.39 is 96.2 Å². The van der Waals surface area contributed by atoms with Crippen LogP contribution in [0.3, 0.4) is 0 Å². The van der Waals surface area contributed by atoms with Crippen LogP contribution in [-0.4, -0.2) is 108 Å². The van der Waals surface area contributed by atoms with E-state index in [1.54, 1.807) is 0 Å². The fourth-order valence-corrected chi connectivity index (χ4v) is 4.72. The summed E-state index contributed by atoms with van der Waals surface area (Å²) in [6.07, 6.45) is -11.7. The Morgan fingerprint density at radius 1 is 1.00 bits per heavy atom. The molecule has 0 aliphatic carbocycles. The molecule has 2 aliphatic heterocycles. The number of phenols is 3. The molecule has 2 fully saturated rings. The Hall–Kier alpha value is -3.05. The Bertz CT molecular complexity index is 1420. The van der Waals surface area contributed by atoms with Crippen molar-refractivity contribution >= 4 is 21.9 Å². The van der Waals surface area contributed by atoms with Gasteiger partial charge in [0.1, 0.15) is 76.0 Å². The molecule has 0 amide bonds. The zero-order chi connectivity index (χ0) is 27.5. The summed E-state index contributed by atoms with van der Waals surface area (Å²) in [5.74, 6) is -1.72. The highest BCUT2D eigenvalue weighted by Gasteiger charge is 2.50. The summed E-state index contributed by atoms with van der Waals surface area (Å²) in [7, 11) is 0. The number of ether oxygens (including phenoxy) is 3. The van der Waals surface area contributed by atoms with Crippen LogP contribution in [0.1, 0.15) is 11.7 Å². The van der Waals surface area contributed by atoms with Crippen LogP contribution in [0.5, 0.6) is 17.2 Å². The van der Waals surface area contributed by atoms with Crippen LogP contribution < -0.4 is 5.43 Å². The lowest BCUT2D eigenvalue weighted by atomic mass is 9.89. The largest absolute Gasteiger partial charge is 0.508 e. The van der Waals surface area contributed by atoms with E-state index in [0.29, 0.717) is 0 Å². The number of hydrogen-bond acceptors (Lipinski definition) is 14. The number of aliphatic hydroxyl groups excluding tert-OH is 5. The standard InChI is InChI=1S/C24H26O14/c25-6-24(34)7-36-23(22(24)33)35-5-13-17(29)19(31)20(32)21(38-13)14-10(27)4-12-15(18(14)30)16(28)9-3-8(26)1-2-11(9)37-12/h1-4,13,17,19-23,25-27,29-34H,5-7H2/t13-,17-,19-,20-,21+,22+,23-,24?/m1/s1. The van der Waals surface area contributed by atoms with Crippen molar-refractivity contribution in [1.29, 1.82) is 0 Å². The maximum absolute atomic E-state index is 13.1. The van der Waals surface area contributed by atoms with Crippen LogP contribution in [-0.2, 0) is 14.2 Å². The first-order chi connectivity index (χ1) is 18.0. The minimum absolute atomic E-state index is 0.0703. The third-order valence-electron chi connectivity index (χ3n) is 6.94.